The second kappa shape index (κ2) is 6.17. The van der Waals surface area contributed by atoms with Crippen molar-refractivity contribution < 1.29 is 23.1 Å². The number of nitrogens with one attached hydrogen (secondary N) is 1. The summed E-state index contributed by atoms with van der Waals surface area (Å²) in [5.74, 6) is -1.32. The molecule has 0 saturated carbocycles. The fourth-order valence-electron chi connectivity index (χ4n) is 1.73. The van der Waals surface area contributed by atoms with Crippen LogP contribution in [0.25, 0.3) is 0 Å². The SMILES string of the molecule is O=Cc1ccccc1S(=O)(=O)NC(C(=O)O)c1cccs1. The molecule has 1 aromatic carbocycles. The van der Waals surface area contributed by atoms with E-state index >= 15 is 0 Å². The molecule has 1 heterocycles. The molecule has 0 fully saturated rings. The van der Waals surface area contributed by atoms with Gasteiger partial charge in [0.25, 0.3) is 0 Å². The van der Waals surface area contributed by atoms with Crippen LogP contribution in [0.5, 0.6) is 0 Å². The first-order valence-electron chi connectivity index (χ1n) is 5.78. The van der Waals surface area contributed by atoms with Crippen LogP contribution < -0.4 is 4.72 Å². The maximum absolute atomic E-state index is 12.3. The third-order valence-electron chi connectivity index (χ3n) is 2.68. The first kappa shape index (κ1) is 15.4. The summed E-state index contributed by atoms with van der Waals surface area (Å²) >= 11 is 1.13. The first-order chi connectivity index (χ1) is 9.95. The average Bonchev–Trinajstić information content (AvgIpc) is 2.98. The molecule has 0 aliphatic heterocycles. The number of thiophene rings is 1. The monoisotopic (exact) mass is 325 g/mol. The Morgan fingerprint density at radius 3 is 2.52 bits per heavy atom. The Morgan fingerprint density at radius 2 is 1.95 bits per heavy atom. The third-order valence-corrected chi connectivity index (χ3v) is 5.12. The van der Waals surface area contributed by atoms with Gasteiger partial charge in [0.15, 0.2) is 12.3 Å². The normalized spacial score (nSPS) is 12.8. The number of carboxylic acids is 1. The molecule has 0 amide bonds. The zero-order valence-corrected chi connectivity index (χ0v) is 12.2. The molecule has 21 heavy (non-hydrogen) atoms. The molecule has 110 valence electrons. The predicted octanol–water partition coefficient (Wildman–Crippen LogP) is 1.66. The fourth-order valence-corrected chi connectivity index (χ4v) is 3.92. The van der Waals surface area contributed by atoms with Crippen molar-refractivity contribution in [2.24, 2.45) is 0 Å². The largest absolute Gasteiger partial charge is 0.480 e. The highest BCUT2D eigenvalue weighted by Crippen LogP contribution is 2.23. The van der Waals surface area contributed by atoms with Crippen molar-refractivity contribution in [3.05, 3.63) is 52.2 Å². The number of rotatable bonds is 6. The van der Waals surface area contributed by atoms with Gasteiger partial charge in [-0.3, -0.25) is 9.59 Å². The Kier molecular flexibility index (Phi) is 4.51. The van der Waals surface area contributed by atoms with Crippen molar-refractivity contribution in [3.63, 3.8) is 0 Å². The molecule has 0 spiro atoms. The van der Waals surface area contributed by atoms with Crippen molar-refractivity contribution in [1.82, 2.24) is 4.72 Å². The Hall–Kier alpha value is -2.03. The minimum absolute atomic E-state index is 0.0275. The van der Waals surface area contributed by atoms with Crippen LogP contribution in [0.15, 0.2) is 46.7 Å². The minimum atomic E-state index is -4.13. The lowest BCUT2D eigenvalue weighted by molar-refractivity contribution is -0.139. The summed E-state index contributed by atoms with van der Waals surface area (Å²) in [6.45, 7) is 0. The second-order valence-electron chi connectivity index (χ2n) is 4.06. The minimum Gasteiger partial charge on any atom is -0.480 e. The van der Waals surface area contributed by atoms with Gasteiger partial charge in [-0.05, 0) is 17.5 Å². The van der Waals surface area contributed by atoms with E-state index in [9.17, 15) is 23.1 Å². The molecule has 0 aliphatic rings. The standard InChI is InChI=1S/C13H11NO5S2/c15-8-9-4-1-2-6-11(9)21(18,19)14-12(13(16)17)10-5-3-7-20-10/h1-8,12,14H,(H,16,17). The van der Waals surface area contributed by atoms with Gasteiger partial charge in [0.05, 0.1) is 4.90 Å². The number of carbonyl (C=O) groups excluding carboxylic acids is 1. The first-order valence-corrected chi connectivity index (χ1v) is 8.15. The molecule has 1 unspecified atom stereocenters. The van der Waals surface area contributed by atoms with Crippen molar-refractivity contribution in [2.75, 3.05) is 0 Å². The third kappa shape index (κ3) is 3.35. The predicted molar refractivity (Wildman–Crippen MR) is 76.8 cm³/mol. The summed E-state index contributed by atoms with van der Waals surface area (Å²) in [7, 11) is -4.13. The van der Waals surface area contributed by atoms with Gasteiger partial charge in [-0.2, -0.15) is 4.72 Å². The van der Waals surface area contributed by atoms with Crippen LogP contribution in [-0.4, -0.2) is 25.8 Å². The molecule has 8 heteroatoms. The van der Waals surface area contributed by atoms with E-state index in [1.807, 2.05) is 0 Å². The summed E-state index contributed by atoms with van der Waals surface area (Å²) in [5, 5.41) is 10.8. The van der Waals surface area contributed by atoms with Gasteiger partial charge >= 0.3 is 5.97 Å². The van der Waals surface area contributed by atoms with Gasteiger partial charge < -0.3 is 5.11 Å². The molecule has 2 rings (SSSR count). The van der Waals surface area contributed by atoms with Crippen molar-refractivity contribution >= 4 is 33.6 Å². The lowest BCUT2D eigenvalue weighted by atomic mass is 10.2. The Morgan fingerprint density at radius 1 is 1.24 bits per heavy atom. The number of hydrogen-bond acceptors (Lipinski definition) is 5. The van der Waals surface area contributed by atoms with E-state index in [1.165, 1.54) is 30.3 Å². The van der Waals surface area contributed by atoms with Crippen LogP contribution in [0.2, 0.25) is 0 Å². The number of carbonyl (C=O) groups is 2. The number of sulfonamides is 1. The summed E-state index contributed by atoms with van der Waals surface area (Å²) < 4.78 is 26.7. The van der Waals surface area contributed by atoms with Gasteiger partial charge in [-0.15, -0.1) is 11.3 Å². The molecule has 6 nitrogen and oxygen atoms in total. The van der Waals surface area contributed by atoms with E-state index in [2.05, 4.69) is 4.72 Å². The van der Waals surface area contributed by atoms with Crippen molar-refractivity contribution in [2.45, 2.75) is 10.9 Å². The van der Waals surface area contributed by atoms with Crippen molar-refractivity contribution in [3.8, 4) is 0 Å². The van der Waals surface area contributed by atoms with Crippen LogP contribution >= 0.6 is 11.3 Å². The Bertz CT molecular complexity index is 753. The highest BCUT2D eigenvalue weighted by molar-refractivity contribution is 7.89. The van der Waals surface area contributed by atoms with E-state index in [1.54, 1.807) is 11.4 Å². The van der Waals surface area contributed by atoms with Gasteiger partial charge in [0, 0.05) is 10.4 Å². The number of benzene rings is 1. The van der Waals surface area contributed by atoms with Crippen LogP contribution in [0.1, 0.15) is 21.3 Å². The second-order valence-corrected chi connectivity index (χ2v) is 6.73. The maximum atomic E-state index is 12.3. The zero-order valence-electron chi connectivity index (χ0n) is 10.6. The van der Waals surface area contributed by atoms with Crippen LogP contribution in [0, 0.1) is 0 Å². The highest BCUT2D eigenvalue weighted by atomic mass is 32.2. The van der Waals surface area contributed by atoms with Gasteiger partial charge in [-0.1, -0.05) is 24.3 Å². The van der Waals surface area contributed by atoms with Gasteiger partial charge in [0.2, 0.25) is 10.0 Å². The van der Waals surface area contributed by atoms with Crippen LogP contribution in [0.4, 0.5) is 0 Å². The van der Waals surface area contributed by atoms with Crippen LogP contribution in [-0.2, 0) is 14.8 Å². The lowest BCUT2D eigenvalue weighted by Gasteiger charge is -2.14. The maximum Gasteiger partial charge on any atom is 0.327 e. The molecule has 0 saturated heterocycles. The summed E-state index contributed by atoms with van der Waals surface area (Å²) in [6, 6.07) is 7.34. The fraction of sp³-hybridized carbons (Fsp3) is 0.0769. The number of carboxylic acid groups (broad SMARTS) is 1. The molecular formula is C13H11NO5S2. The topological polar surface area (TPSA) is 101 Å². The molecule has 1 atom stereocenters. The zero-order chi connectivity index (χ0) is 15.5. The van der Waals surface area contributed by atoms with Gasteiger partial charge in [-0.25, -0.2) is 8.42 Å². The molecule has 2 aromatic rings. The molecule has 2 N–H and O–H groups in total. The molecular weight excluding hydrogens is 314 g/mol. The summed E-state index contributed by atoms with van der Waals surface area (Å²) in [4.78, 5) is 22.3. The van der Waals surface area contributed by atoms with E-state index in [0.717, 1.165) is 11.3 Å². The molecule has 1 aromatic heterocycles. The number of aliphatic carboxylic acids is 1. The van der Waals surface area contributed by atoms with Crippen LogP contribution in [0.3, 0.4) is 0 Å². The Labute approximate surface area is 125 Å². The molecule has 0 bridgehead atoms. The number of hydrogen-bond donors (Lipinski definition) is 2. The summed E-state index contributed by atoms with van der Waals surface area (Å²) in [6.07, 6.45) is 0.412. The lowest BCUT2D eigenvalue weighted by Crippen LogP contribution is -2.33. The Balaban J connectivity index is 2.40. The average molecular weight is 325 g/mol. The van der Waals surface area contributed by atoms with E-state index < -0.39 is 22.0 Å². The van der Waals surface area contributed by atoms with E-state index in [0.29, 0.717) is 11.2 Å². The summed E-state index contributed by atoms with van der Waals surface area (Å²) in [5.41, 5.74) is -0.0275. The number of aldehydes is 1. The smallest absolute Gasteiger partial charge is 0.327 e. The molecule has 0 radical (unpaired) electrons. The quantitative estimate of drug-likeness (QED) is 0.787. The molecule has 0 aliphatic carbocycles. The highest BCUT2D eigenvalue weighted by Gasteiger charge is 2.28. The van der Waals surface area contributed by atoms with E-state index in [-0.39, 0.29) is 10.5 Å². The van der Waals surface area contributed by atoms with Crippen molar-refractivity contribution in [1.29, 1.82) is 0 Å². The van der Waals surface area contributed by atoms with Gasteiger partial charge in [0.1, 0.15) is 0 Å². The van der Waals surface area contributed by atoms with E-state index in [4.69, 9.17) is 0 Å².